The van der Waals surface area contributed by atoms with Crippen LogP contribution in [0.5, 0.6) is 5.75 Å². The number of carbonyl (C=O) groups is 1. The van der Waals surface area contributed by atoms with Crippen LogP contribution in [0.1, 0.15) is 28.1 Å². The maximum atomic E-state index is 12.9. The first-order valence-corrected chi connectivity index (χ1v) is 10.9. The molecule has 0 spiro atoms. The van der Waals surface area contributed by atoms with Crippen LogP contribution in [0.25, 0.3) is 10.8 Å². The second-order valence-electron chi connectivity index (χ2n) is 7.70. The van der Waals surface area contributed by atoms with Gasteiger partial charge >= 0.3 is 0 Å². The SMILES string of the molecule is O=C(c1cc(COc2ccc3ccccc3c2)cs1)N1CCN2CCCC2C1. The molecule has 0 bridgehead atoms. The molecule has 2 fully saturated rings. The number of ether oxygens (including phenoxy) is 1. The van der Waals surface area contributed by atoms with E-state index in [0.717, 1.165) is 35.8 Å². The normalized spacial score (nSPS) is 19.7. The highest BCUT2D eigenvalue weighted by Gasteiger charge is 2.33. The number of piperazine rings is 1. The van der Waals surface area contributed by atoms with Crippen LogP contribution in [0.15, 0.2) is 53.9 Å². The van der Waals surface area contributed by atoms with Gasteiger partial charge in [-0.2, -0.15) is 0 Å². The summed E-state index contributed by atoms with van der Waals surface area (Å²) in [6.45, 7) is 4.41. The van der Waals surface area contributed by atoms with Crippen molar-refractivity contribution in [3.8, 4) is 5.75 Å². The summed E-state index contributed by atoms with van der Waals surface area (Å²) in [6.07, 6.45) is 2.49. The molecule has 2 aromatic carbocycles. The van der Waals surface area contributed by atoms with E-state index in [-0.39, 0.29) is 5.91 Å². The Labute approximate surface area is 169 Å². The highest BCUT2D eigenvalue weighted by Crippen LogP contribution is 2.25. The van der Waals surface area contributed by atoms with Crippen molar-refractivity contribution < 1.29 is 9.53 Å². The maximum absolute atomic E-state index is 12.9. The summed E-state index contributed by atoms with van der Waals surface area (Å²) in [4.78, 5) is 18.3. The van der Waals surface area contributed by atoms with Crippen molar-refractivity contribution in [3.63, 3.8) is 0 Å². The predicted octanol–water partition coefficient (Wildman–Crippen LogP) is 4.40. The van der Waals surface area contributed by atoms with Crippen molar-refractivity contribution in [1.29, 1.82) is 0 Å². The Morgan fingerprint density at radius 2 is 1.96 bits per heavy atom. The Morgan fingerprint density at radius 3 is 2.89 bits per heavy atom. The summed E-state index contributed by atoms with van der Waals surface area (Å²) in [5.74, 6) is 1.03. The zero-order valence-electron chi connectivity index (χ0n) is 15.8. The molecule has 1 atom stereocenters. The monoisotopic (exact) mass is 392 g/mol. The van der Waals surface area contributed by atoms with Crippen molar-refractivity contribution in [2.24, 2.45) is 0 Å². The number of fused-ring (bicyclic) bond motifs is 2. The largest absolute Gasteiger partial charge is 0.489 e. The Balaban J connectivity index is 1.22. The molecule has 144 valence electrons. The van der Waals surface area contributed by atoms with Gasteiger partial charge in [0.15, 0.2) is 0 Å². The van der Waals surface area contributed by atoms with Gasteiger partial charge in [-0.25, -0.2) is 0 Å². The van der Waals surface area contributed by atoms with Crippen LogP contribution in [0.4, 0.5) is 0 Å². The zero-order valence-corrected chi connectivity index (χ0v) is 16.7. The molecule has 2 saturated heterocycles. The Kier molecular flexibility index (Phi) is 4.79. The zero-order chi connectivity index (χ0) is 18.9. The lowest BCUT2D eigenvalue weighted by Gasteiger charge is -2.37. The molecule has 0 N–H and O–H groups in total. The van der Waals surface area contributed by atoms with Crippen LogP contribution >= 0.6 is 11.3 Å². The van der Waals surface area contributed by atoms with E-state index >= 15 is 0 Å². The first kappa shape index (κ1) is 17.7. The summed E-state index contributed by atoms with van der Waals surface area (Å²) >= 11 is 1.53. The van der Waals surface area contributed by atoms with E-state index in [2.05, 4.69) is 29.2 Å². The molecule has 4 nitrogen and oxygen atoms in total. The van der Waals surface area contributed by atoms with Crippen LogP contribution in [-0.2, 0) is 6.61 Å². The first-order chi connectivity index (χ1) is 13.8. The molecule has 5 heteroatoms. The molecule has 1 unspecified atom stereocenters. The fourth-order valence-corrected chi connectivity index (χ4v) is 5.18. The average molecular weight is 393 g/mol. The van der Waals surface area contributed by atoms with Gasteiger partial charge in [0.05, 0.1) is 4.88 Å². The number of benzene rings is 2. The molecule has 5 rings (SSSR count). The lowest BCUT2D eigenvalue weighted by atomic mass is 10.1. The molecular formula is C23H24N2O2S. The lowest BCUT2D eigenvalue weighted by molar-refractivity contribution is 0.0576. The highest BCUT2D eigenvalue weighted by molar-refractivity contribution is 7.12. The fourth-order valence-electron chi connectivity index (χ4n) is 4.32. The van der Waals surface area contributed by atoms with Gasteiger partial charge in [0.2, 0.25) is 0 Å². The molecule has 3 heterocycles. The standard InChI is InChI=1S/C23H24N2O2S/c26-23(25-11-10-24-9-3-6-20(24)14-25)22-12-17(16-28-22)15-27-21-8-7-18-4-1-2-5-19(18)13-21/h1-2,4-5,7-8,12-13,16,20H,3,6,9-11,14-15H2. The number of hydrogen-bond acceptors (Lipinski definition) is 4. The number of thiophene rings is 1. The van der Waals surface area contributed by atoms with Crippen LogP contribution in [0.3, 0.4) is 0 Å². The quantitative estimate of drug-likeness (QED) is 0.660. The summed E-state index contributed by atoms with van der Waals surface area (Å²) in [5.41, 5.74) is 1.06. The van der Waals surface area contributed by atoms with E-state index in [9.17, 15) is 4.79 Å². The second kappa shape index (κ2) is 7.57. The molecule has 2 aliphatic heterocycles. The van der Waals surface area contributed by atoms with E-state index in [1.165, 1.54) is 41.5 Å². The molecule has 28 heavy (non-hydrogen) atoms. The number of rotatable bonds is 4. The van der Waals surface area contributed by atoms with E-state index in [1.807, 2.05) is 34.5 Å². The summed E-state index contributed by atoms with van der Waals surface area (Å²) < 4.78 is 5.97. The van der Waals surface area contributed by atoms with E-state index < -0.39 is 0 Å². The summed E-state index contributed by atoms with van der Waals surface area (Å²) in [6, 6.07) is 17.0. The predicted molar refractivity (Wildman–Crippen MR) is 113 cm³/mol. The molecule has 0 aliphatic carbocycles. The van der Waals surface area contributed by atoms with Crippen LogP contribution in [-0.4, -0.2) is 47.9 Å². The fraction of sp³-hybridized carbons (Fsp3) is 0.348. The molecule has 0 saturated carbocycles. The summed E-state index contributed by atoms with van der Waals surface area (Å²) in [5, 5.41) is 4.42. The minimum absolute atomic E-state index is 0.175. The molecule has 3 aromatic rings. The van der Waals surface area contributed by atoms with Crippen LogP contribution < -0.4 is 4.74 Å². The van der Waals surface area contributed by atoms with Crippen LogP contribution in [0.2, 0.25) is 0 Å². The van der Waals surface area contributed by atoms with Gasteiger partial charge in [-0.05, 0) is 53.7 Å². The molecule has 1 amide bonds. The van der Waals surface area contributed by atoms with E-state index in [4.69, 9.17) is 4.74 Å². The lowest BCUT2D eigenvalue weighted by Crippen LogP contribution is -2.51. The molecule has 1 aromatic heterocycles. The van der Waals surface area contributed by atoms with Crippen molar-refractivity contribution >= 4 is 28.0 Å². The minimum Gasteiger partial charge on any atom is -0.489 e. The number of amides is 1. The van der Waals surface area contributed by atoms with Gasteiger partial charge in [-0.15, -0.1) is 11.3 Å². The van der Waals surface area contributed by atoms with Gasteiger partial charge in [-0.3, -0.25) is 9.69 Å². The number of hydrogen-bond donors (Lipinski definition) is 0. The van der Waals surface area contributed by atoms with Gasteiger partial charge in [0.25, 0.3) is 5.91 Å². The van der Waals surface area contributed by atoms with Gasteiger partial charge in [0, 0.05) is 31.2 Å². The van der Waals surface area contributed by atoms with Crippen LogP contribution in [0, 0.1) is 0 Å². The van der Waals surface area contributed by atoms with Gasteiger partial charge in [0.1, 0.15) is 12.4 Å². The highest BCUT2D eigenvalue weighted by atomic mass is 32.1. The molecular weight excluding hydrogens is 368 g/mol. The van der Waals surface area contributed by atoms with E-state index in [1.54, 1.807) is 0 Å². The first-order valence-electron chi connectivity index (χ1n) is 9.98. The second-order valence-corrected chi connectivity index (χ2v) is 8.61. The minimum atomic E-state index is 0.175. The Bertz CT molecular complexity index is 999. The number of carbonyl (C=O) groups excluding carboxylic acids is 1. The Morgan fingerprint density at radius 1 is 1.07 bits per heavy atom. The third kappa shape index (κ3) is 3.52. The van der Waals surface area contributed by atoms with Crippen molar-refractivity contribution in [1.82, 2.24) is 9.80 Å². The van der Waals surface area contributed by atoms with E-state index in [0.29, 0.717) is 12.6 Å². The number of nitrogens with zero attached hydrogens (tertiary/aromatic N) is 2. The third-order valence-corrected chi connectivity index (χ3v) is 6.83. The van der Waals surface area contributed by atoms with Crippen molar-refractivity contribution in [2.75, 3.05) is 26.2 Å². The molecule has 0 radical (unpaired) electrons. The van der Waals surface area contributed by atoms with Crippen molar-refractivity contribution in [3.05, 3.63) is 64.4 Å². The molecule has 2 aliphatic rings. The topological polar surface area (TPSA) is 32.8 Å². The average Bonchev–Trinajstić information content (AvgIpc) is 3.40. The maximum Gasteiger partial charge on any atom is 0.264 e. The third-order valence-electron chi connectivity index (χ3n) is 5.87. The van der Waals surface area contributed by atoms with Gasteiger partial charge < -0.3 is 9.64 Å². The summed E-state index contributed by atoms with van der Waals surface area (Å²) in [7, 11) is 0. The smallest absolute Gasteiger partial charge is 0.264 e. The van der Waals surface area contributed by atoms with Crippen molar-refractivity contribution in [2.45, 2.75) is 25.5 Å². The Hall–Kier alpha value is -2.37. The van der Waals surface area contributed by atoms with Gasteiger partial charge in [-0.1, -0.05) is 30.3 Å².